The van der Waals surface area contributed by atoms with Crippen molar-refractivity contribution in [2.45, 2.75) is 89.3 Å². The zero-order chi connectivity index (χ0) is 22.5. The van der Waals surface area contributed by atoms with Crippen LogP contribution in [0.1, 0.15) is 88.2 Å². The van der Waals surface area contributed by atoms with Crippen molar-refractivity contribution in [2.75, 3.05) is 13.2 Å². The van der Waals surface area contributed by atoms with Crippen molar-refractivity contribution in [1.82, 2.24) is 0 Å². The fourth-order valence-electron chi connectivity index (χ4n) is 5.60. The first-order chi connectivity index (χ1) is 15.6. The van der Waals surface area contributed by atoms with Crippen LogP contribution in [0.4, 0.5) is 8.78 Å². The minimum atomic E-state index is -0.335. The van der Waals surface area contributed by atoms with Crippen LogP contribution in [0.15, 0.2) is 36.4 Å². The van der Waals surface area contributed by atoms with Gasteiger partial charge in [-0.1, -0.05) is 24.3 Å². The van der Waals surface area contributed by atoms with Crippen LogP contribution in [0, 0.1) is 11.6 Å². The molecule has 0 N–H and O–H groups in total. The summed E-state index contributed by atoms with van der Waals surface area (Å²) in [5, 5.41) is 0. The number of rotatable bonds is 7. The smallest absolute Gasteiger partial charge is 0.131 e. The van der Waals surface area contributed by atoms with Crippen LogP contribution < -0.4 is 0 Å². The first-order valence-electron chi connectivity index (χ1n) is 12.4. The second-order valence-corrected chi connectivity index (χ2v) is 9.34. The van der Waals surface area contributed by atoms with Crippen molar-refractivity contribution in [3.8, 4) is 11.1 Å². The quantitative estimate of drug-likeness (QED) is 0.436. The lowest BCUT2D eigenvalue weighted by Crippen LogP contribution is -2.20. The van der Waals surface area contributed by atoms with E-state index in [1.165, 1.54) is 0 Å². The lowest BCUT2D eigenvalue weighted by Gasteiger charge is -2.29. The number of ether oxygens (including phenoxy) is 2. The summed E-state index contributed by atoms with van der Waals surface area (Å²) in [6.07, 6.45) is 8.79. The van der Waals surface area contributed by atoms with Crippen molar-refractivity contribution in [1.29, 1.82) is 0 Å². The zero-order valence-electron chi connectivity index (χ0n) is 19.4. The van der Waals surface area contributed by atoms with E-state index < -0.39 is 0 Å². The molecule has 0 heterocycles. The van der Waals surface area contributed by atoms with Gasteiger partial charge in [-0.25, -0.2) is 8.78 Å². The molecule has 174 valence electrons. The third kappa shape index (κ3) is 5.40. The largest absolute Gasteiger partial charge is 0.379 e. The van der Waals surface area contributed by atoms with E-state index in [-0.39, 0.29) is 11.6 Å². The van der Waals surface area contributed by atoms with E-state index in [1.54, 1.807) is 24.3 Å². The Bertz CT molecular complexity index is 807. The van der Waals surface area contributed by atoms with Gasteiger partial charge in [0.15, 0.2) is 0 Å². The lowest BCUT2D eigenvalue weighted by molar-refractivity contribution is 0.0326. The predicted octanol–water partition coefficient (Wildman–Crippen LogP) is 7.76. The summed E-state index contributed by atoms with van der Waals surface area (Å²) in [5.41, 5.74) is 2.73. The number of hydrogen-bond acceptors (Lipinski definition) is 2. The molecule has 2 aliphatic rings. The summed E-state index contributed by atoms with van der Waals surface area (Å²) in [4.78, 5) is 0. The third-order valence-corrected chi connectivity index (χ3v) is 7.37. The summed E-state index contributed by atoms with van der Waals surface area (Å²) < 4.78 is 41.5. The van der Waals surface area contributed by atoms with E-state index in [4.69, 9.17) is 9.47 Å². The molecule has 2 fully saturated rings. The van der Waals surface area contributed by atoms with Crippen LogP contribution >= 0.6 is 0 Å². The summed E-state index contributed by atoms with van der Waals surface area (Å²) in [6.45, 7) is 5.55. The van der Waals surface area contributed by atoms with E-state index in [9.17, 15) is 0 Å². The Morgan fingerprint density at radius 1 is 0.625 bits per heavy atom. The standard InChI is InChI=1S/C28H36F2O2/c1-3-31-23-11-5-19(6-12-23)21-9-15-25(27(29)17-21)26-16-10-22(18-28(26)30)20-7-13-24(14-8-20)32-4-2/h9-10,15-20,23-24H,3-8,11-14H2,1-2H3. The average molecular weight is 443 g/mol. The van der Waals surface area contributed by atoms with Crippen LogP contribution in [0.5, 0.6) is 0 Å². The van der Waals surface area contributed by atoms with Gasteiger partial charge in [0.1, 0.15) is 11.6 Å². The second kappa shape index (κ2) is 10.9. The Morgan fingerprint density at radius 2 is 1.00 bits per heavy atom. The van der Waals surface area contributed by atoms with E-state index in [2.05, 4.69) is 0 Å². The molecule has 2 saturated carbocycles. The van der Waals surface area contributed by atoms with Crippen molar-refractivity contribution < 1.29 is 18.3 Å². The van der Waals surface area contributed by atoms with E-state index >= 15 is 8.78 Å². The van der Waals surface area contributed by atoms with Crippen LogP contribution in [0.25, 0.3) is 11.1 Å². The molecule has 0 radical (unpaired) electrons. The van der Waals surface area contributed by atoms with Gasteiger partial charge in [0, 0.05) is 24.3 Å². The van der Waals surface area contributed by atoms with Gasteiger partial charge < -0.3 is 9.47 Å². The normalized spacial score (nSPS) is 26.2. The highest BCUT2D eigenvalue weighted by Crippen LogP contribution is 2.38. The molecule has 4 rings (SSSR count). The summed E-state index contributed by atoms with van der Waals surface area (Å²) in [7, 11) is 0. The maximum Gasteiger partial charge on any atom is 0.131 e. The molecule has 0 aliphatic heterocycles. The molecule has 0 spiro atoms. The molecule has 0 aromatic heterocycles. The van der Waals surface area contributed by atoms with Gasteiger partial charge in [-0.15, -0.1) is 0 Å². The topological polar surface area (TPSA) is 18.5 Å². The van der Waals surface area contributed by atoms with Crippen LogP contribution in [0.2, 0.25) is 0 Å². The minimum absolute atomic E-state index is 0.335. The molecule has 2 aromatic carbocycles. The first-order valence-corrected chi connectivity index (χ1v) is 12.4. The van der Waals surface area contributed by atoms with Crippen LogP contribution in [-0.2, 0) is 9.47 Å². The summed E-state index contributed by atoms with van der Waals surface area (Å²) in [6, 6.07) is 10.7. The molecule has 0 bridgehead atoms. The van der Waals surface area contributed by atoms with E-state index in [0.717, 1.165) is 75.7 Å². The molecule has 0 atom stereocenters. The van der Waals surface area contributed by atoms with Gasteiger partial charge in [0.05, 0.1) is 12.2 Å². The highest BCUT2D eigenvalue weighted by atomic mass is 19.1. The van der Waals surface area contributed by atoms with E-state index in [1.807, 2.05) is 26.0 Å². The zero-order valence-corrected chi connectivity index (χ0v) is 19.4. The van der Waals surface area contributed by atoms with Gasteiger partial charge in [-0.05, 0) is 100 Å². The number of halogens is 2. The monoisotopic (exact) mass is 442 g/mol. The number of hydrogen-bond donors (Lipinski definition) is 0. The summed E-state index contributed by atoms with van der Waals surface area (Å²) in [5.74, 6) is 0.0418. The predicted molar refractivity (Wildman–Crippen MR) is 125 cm³/mol. The van der Waals surface area contributed by atoms with Crippen molar-refractivity contribution in [3.05, 3.63) is 59.2 Å². The van der Waals surface area contributed by atoms with Crippen LogP contribution in [0.3, 0.4) is 0 Å². The SMILES string of the molecule is CCOC1CCC(c2ccc(-c3ccc(C4CCC(OCC)CC4)cc3F)c(F)c2)CC1. The molecule has 2 aromatic rings. The number of benzene rings is 2. The fraction of sp³-hybridized carbons (Fsp3) is 0.571. The highest BCUT2D eigenvalue weighted by Gasteiger charge is 2.25. The van der Waals surface area contributed by atoms with Crippen LogP contribution in [-0.4, -0.2) is 25.4 Å². The third-order valence-electron chi connectivity index (χ3n) is 7.37. The van der Waals surface area contributed by atoms with Gasteiger partial charge in [0.2, 0.25) is 0 Å². The maximum absolute atomic E-state index is 15.0. The Balaban J connectivity index is 1.44. The van der Waals surface area contributed by atoms with Gasteiger partial charge >= 0.3 is 0 Å². The molecule has 0 amide bonds. The molecule has 2 aliphatic carbocycles. The van der Waals surface area contributed by atoms with Gasteiger partial charge in [-0.3, -0.25) is 0 Å². The fourth-order valence-corrected chi connectivity index (χ4v) is 5.60. The maximum atomic E-state index is 15.0. The molecule has 32 heavy (non-hydrogen) atoms. The Hall–Kier alpha value is -1.78. The van der Waals surface area contributed by atoms with E-state index in [0.29, 0.717) is 35.2 Å². The molecular formula is C28H36F2O2. The van der Waals surface area contributed by atoms with Crippen molar-refractivity contribution in [3.63, 3.8) is 0 Å². The van der Waals surface area contributed by atoms with Crippen molar-refractivity contribution >= 4 is 0 Å². The summed E-state index contributed by atoms with van der Waals surface area (Å²) >= 11 is 0. The Kier molecular flexibility index (Phi) is 7.96. The van der Waals surface area contributed by atoms with Gasteiger partial charge in [-0.2, -0.15) is 0 Å². The molecule has 4 heteroatoms. The Morgan fingerprint density at radius 3 is 1.31 bits per heavy atom. The molecular weight excluding hydrogens is 406 g/mol. The average Bonchev–Trinajstić information content (AvgIpc) is 2.81. The lowest BCUT2D eigenvalue weighted by atomic mass is 9.81. The van der Waals surface area contributed by atoms with Crippen molar-refractivity contribution in [2.24, 2.45) is 0 Å². The minimum Gasteiger partial charge on any atom is -0.379 e. The molecule has 0 unspecified atom stereocenters. The highest BCUT2D eigenvalue weighted by molar-refractivity contribution is 5.66. The Labute approximate surface area is 191 Å². The van der Waals surface area contributed by atoms with Gasteiger partial charge in [0.25, 0.3) is 0 Å². The first kappa shape index (κ1) is 23.4. The second-order valence-electron chi connectivity index (χ2n) is 9.34. The molecule has 2 nitrogen and oxygen atoms in total. The molecule has 0 saturated heterocycles.